The molecule has 4 heteroatoms. The van der Waals surface area contributed by atoms with Crippen LogP contribution < -0.4 is 5.73 Å². The first-order chi connectivity index (χ1) is 9.34. The van der Waals surface area contributed by atoms with Crippen molar-refractivity contribution in [1.82, 2.24) is 4.90 Å². The van der Waals surface area contributed by atoms with Crippen LogP contribution in [0, 0.1) is 11.2 Å². The largest absolute Gasteiger partial charge is 0.341 e. The fraction of sp³-hybridized carbons (Fsp3) is 0.562. The highest BCUT2D eigenvalue weighted by molar-refractivity contribution is 5.75. The van der Waals surface area contributed by atoms with Gasteiger partial charge in [0.1, 0.15) is 5.82 Å². The normalized spacial score (nSPS) is 11.4. The fourth-order valence-electron chi connectivity index (χ4n) is 2.15. The molecule has 0 aliphatic rings. The summed E-state index contributed by atoms with van der Waals surface area (Å²) in [7, 11) is 1.75. The number of halogens is 1. The molecule has 0 atom stereocenters. The summed E-state index contributed by atoms with van der Waals surface area (Å²) >= 11 is 0. The van der Waals surface area contributed by atoms with Crippen molar-refractivity contribution in [1.29, 1.82) is 0 Å². The van der Waals surface area contributed by atoms with Gasteiger partial charge < -0.3 is 10.6 Å². The van der Waals surface area contributed by atoms with E-state index in [1.54, 1.807) is 18.0 Å². The Morgan fingerprint density at radius 2 is 2.05 bits per heavy atom. The van der Waals surface area contributed by atoms with Crippen LogP contribution in [0.5, 0.6) is 0 Å². The van der Waals surface area contributed by atoms with Gasteiger partial charge in [-0.25, -0.2) is 4.39 Å². The summed E-state index contributed by atoms with van der Waals surface area (Å²) in [5.74, 6) is -0.188. The SMILES string of the molecule is CN(Cc1cccc(F)c1)C(=O)CCC(C)(C)CCN. The molecule has 20 heavy (non-hydrogen) atoms. The van der Waals surface area contributed by atoms with E-state index in [4.69, 9.17) is 5.73 Å². The van der Waals surface area contributed by atoms with E-state index in [0.29, 0.717) is 19.5 Å². The maximum Gasteiger partial charge on any atom is 0.222 e. The topological polar surface area (TPSA) is 46.3 Å². The molecule has 0 aromatic heterocycles. The monoisotopic (exact) mass is 280 g/mol. The fourth-order valence-corrected chi connectivity index (χ4v) is 2.15. The number of hydrogen-bond donors (Lipinski definition) is 1. The Kier molecular flexibility index (Phi) is 6.14. The molecule has 0 bridgehead atoms. The molecule has 1 aromatic carbocycles. The molecule has 0 heterocycles. The first-order valence-electron chi connectivity index (χ1n) is 7.02. The molecule has 0 saturated carbocycles. The summed E-state index contributed by atoms with van der Waals surface area (Å²) in [4.78, 5) is 13.7. The van der Waals surface area contributed by atoms with Gasteiger partial charge in [-0.3, -0.25) is 4.79 Å². The highest BCUT2D eigenvalue weighted by Crippen LogP contribution is 2.26. The number of rotatable bonds is 7. The molecule has 1 amide bonds. The molecule has 0 unspecified atom stereocenters. The van der Waals surface area contributed by atoms with Crippen molar-refractivity contribution < 1.29 is 9.18 Å². The number of carbonyl (C=O) groups is 1. The molecule has 0 aliphatic heterocycles. The van der Waals surface area contributed by atoms with Crippen molar-refractivity contribution >= 4 is 5.91 Å². The van der Waals surface area contributed by atoms with Gasteiger partial charge in [-0.2, -0.15) is 0 Å². The molecule has 0 radical (unpaired) electrons. The second kappa shape index (κ2) is 7.39. The number of benzene rings is 1. The molecular formula is C16H25FN2O. The van der Waals surface area contributed by atoms with Crippen molar-refractivity contribution in [2.24, 2.45) is 11.1 Å². The minimum Gasteiger partial charge on any atom is -0.341 e. The summed E-state index contributed by atoms with van der Waals surface area (Å²) in [6.45, 7) is 5.33. The van der Waals surface area contributed by atoms with E-state index in [2.05, 4.69) is 13.8 Å². The van der Waals surface area contributed by atoms with Crippen LogP contribution in [0.4, 0.5) is 4.39 Å². The third kappa shape index (κ3) is 5.70. The second-order valence-corrected chi connectivity index (χ2v) is 6.08. The number of amides is 1. The highest BCUT2D eigenvalue weighted by Gasteiger charge is 2.19. The van der Waals surface area contributed by atoms with Gasteiger partial charge in [-0.15, -0.1) is 0 Å². The summed E-state index contributed by atoms with van der Waals surface area (Å²) < 4.78 is 13.1. The predicted octanol–water partition coefficient (Wildman–Crippen LogP) is 2.94. The quantitative estimate of drug-likeness (QED) is 0.834. The molecule has 1 aromatic rings. The molecule has 112 valence electrons. The third-order valence-electron chi connectivity index (χ3n) is 3.57. The average Bonchev–Trinajstić information content (AvgIpc) is 2.36. The van der Waals surface area contributed by atoms with Gasteiger partial charge >= 0.3 is 0 Å². The first-order valence-corrected chi connectivity index (χ1v) is 7.02. The zero-order valence-corrected chi connectivity index (χ0v) is 12.7. The lowest BCUT2D eigenvalue weighted by atomic mass is 9.84. The maximum atomic E-state index is 13.1. The molecule has 0 spiro atoms. The molecule has 2 N–H and O–H groups in total. The standard InChI is InChI=1S/C16H25FN2O/c1-16(2,9-10-18)8-7-15(20)19(3)12-13-5-4-6-14(17)11-13/h4-6,11H,7-10,12,18H2,1-3H3. The van der Waals surface area contributed by atoms with Crippen LogP contribution in [0.3, 0.4) is 0 Å². The summed E-state index contributed by atoms with van der Waals surface area (Å²) in [6, 6.07) is 6.35. The van der Waals surface area contributed by atoms with Crippen LogP contribution in [-0.2, 0) is 11.3 Å². The Hall–Kier alpha value is -1.42. The van der Waals surface area contributed by atoms with Gasteiger partial charge in [0.15, 0.2) is 0 Å². The van der Waals surface area contributed by atoms with Crippen LogP contribution in [0.15, 0.2) is 24.3 Å². The van der Waals surface area contributed by atoms with E-state index < -0.39 is 0 Å². The Morgan fingerprint density at radius 1 is 1.35 bits per heavy atom. The zero-order chi connectivity index (χ0) is 15.2. The van der Waals surface area contributed by atoms with E-state index in [1.807, 2.05) is 6.07 Å². The number of nitrogens with zero attached hydrogens (tertiary/aromatic N) is 1. The van der Waals surface area contributed by atoms with E-state index >= 15 is 0 Å². The van der Waals surface area contributed by atoms with Crippen LogP contribution in [0.1, 0.15) is 38.7 Å². The Labute approximate surface area is 121 Å². The van der Waals surface area contributed by atoms with Crippen molar-refractivity contribution in [3.63, 3.8) is 0 Å². The average molecular weight is 280 g/mol. The maximum absolute atomic E-state index is 13.1. The summed E-state index contributed by atoms with van der Waals surface area (Å²) in [5, 5.41) is 0. The van der Waals surface area contributed by atoms with Crippen molar-refractivity contribution in [2.45, 2.75) is 39.7 Å². The van der Waals surface area contributed by atoms with Crippen molar-refractivity contribution in [3.8, 4) is 0 Å². The van der Waals surface area contributed by atoms with Gasteiger partial charge in [0.25, 0.3) is 0 Å². The van der Waals surface area contributed by atoms with Crippen LogP contribution in [0.2, 0.25) is 0 Å². The van der Waals surface area contributed by atoms with E-state index in [1.165, 1.54) is 12.1 Å². The van der Waals surface area contributed by atoms with Gasteiger partial charge in [-0.1, -0.05) is 26.0 Å². The lowest BCUT2D eigenvalue weighted by Gasteiger charge is -2.25. The molecule has 3 nitrogen and oxygen atoms in total. The lowest BCUT2D eigenvalue weighted by Crippen LogP contribution is -2.28. The number of nitrogens with two attached hydrogens (primary N) is 1. The van der Waals surface area contributed by atoms with Gasteiger partial charge in [-0.05, 0) is 42.5 Å². The first kappa shape index (κ1) is 16.6. The zero-order valence-electron chi connectivity index (χ0n) is 12.7. The highest BCUT2D eigenvalue weighted by atomic mass is 19.1. The van der Waals surface area contributed by atoms with E-state index in [9.17, 15) is 9.18 Å². The van der Waals surface area contributed by atoms with E-state index in [0.717, 1.165) is 18.4 Å². The van der Waals surface area contributed by atoms with Crippen LogP contribution in [0.25, 0.3) is 0 Å². The van der Waals surface area contributed by atoms with Crippen molar-refractivity contribution in [3.05, 3.63) is 35.6 Å². The molecule has 0 saturated heterocycles. The Balaban J connectivity index is 2.47. The summed E-state index contributed by atoms with van der Waals surface area (Å²) in [6.07, 6.45) is 2.23. The number of carbonyl (C=O) groups excluding carboxylic acids is 1. The van der Waals surface area contributed by atoms with Crippen LogP contribution >= 0.6 is 0 Å². The van der Waals surface area contributed by atoms with Gasteiger partial charge in [0, 0.05) is 20.0 Å². The minimum absolute atomic E-state index is 0.0827. The van der Waals surface area contributed by atoms with Gasteiger partial charge in [0.2, 0.25) is 5.91 Å². The summed E-state index contributed by atoms with van der Waals surface area (Å²) in [5.41, 5.74) is 6.46. The molecule has 0 fully saturated rings. The molecular weight excluding hydrogens is 255 g/mol. The minimum atomic E-state index is -0.271. The van der Waals surface area contributed by atoms with Gasteiger partial charge in [0.05, 0.1) is 0 Å². The second-order valence-electron chi connectivity index (χ2n) is 6.08. The Bertz CT molecular complexity index is 446. The molecule has 1 rings (SSSR count). The van der Waals surface area contributed by atoms with Crippen molar-refractivity contribution in [2.75, 3.05) is 13.6 Å². The third-order valence-corrected chi connectivity index (χ3v) is 3.57. The Morgan fingerprint density at radius 3 is 2.65 bits per heavy atom. The predicted molar refractivity (Wildman–Crippen MR) is 79.6 cm³/mol. The number of hydrogen-bond acceptors (Lipinski definition) is 2. The lowest BCUT2D eigenvalue weighted by molar-refractivity contribution is -0.131. The van der Waals surface area contributed by atoms with Crippen LogP contribution in [-0.4, -0.2) is 24.4 Å². The van der Waals surface area contributed by atoms with E-state index in [-0.39, 0.29) is 17.1 Å². The molecule has 0 aliphatic carbocycles. The smallest absolute Gasteiger partial charge is 0.222 e.